The Balaban J connectivity index is 2.38. The lowest BCUT2D eigenvalue weighted by Gasteiger charge is -2.33. The summed E-state index contributed by atoms with van der Waals surface area (Å²) in [5.41, 5.74) is 5.77. The zero-order valence-corrected chi connectivity index (χ0v) is 10.6. The molecule has 0 saturated heterocycles. The van der Waals surface area contributed by atoms with Crippen molar-refractivity contribution in [2.75, 3.05) is 27.2 Å². The summed E-state index contributed by atoms with van der Waals surface area (Å²) >= 11 is 0. The molecule has 0 radical (unpaired) electrons. The van der Waals surface area contributed by atoms with E-state index in [0.717, 1.165) is 18.9 Å². The van der Waals surface area contributed by atoms with Crippen LogP contribution < -0.4 is 5.73 Å². The number of methoxy groups -OCH3 is 1. The van der Waals surface area contributed by atoms with Crippen molar-refractivity contribution in [1.82, 2.24) is 4.90 Å². The van der Waals surface area contributed by atoms with Crippen molar-refractivity contribution >= 4 is 0 Å². The summed E-state index contributed by atoms with van der Waals surface area (Å²) in [4.78, 5) is 2.40. The second kappa shape index (κ2) is 5.28. The third kappa shape index (κ3) is 4.49. The van der Waals surface area contributed by atoms with Crippen molar-refractivity contribution < 1.29 is 4.74 Å². The van der Waals surface area contributed by atoms with E-state index in [9.17, 15) is 0 Å². The third-order valence-corrected chi connectivity index (χ3v) is 3.42. The van der Waals surface area contributed by atoms with E-state index in [2.05, 4.69) is 25.8 Å². The smallest absolute Gasteiger partial charge is 0.0638 e. The lowest BCUT2D eigenvalue weighted by Crippen LogP contribution is -2.44. The first-order valence-electron chi connectivity index (χ1n) is 5.94. The van der Waals surface area contributed by atoms with E-state index >= 15 is 0 Å². The fraction of sp³-hybridized carbons (Fsp3) is 1.00. The fourth-order valence-electron chi connectivity index (χ4n) is 1.93. The Bertz CT molecular complexity index is 190. The molecule has 3 nitrogen and oxygen atoms in total. The zero-order valence-electron chi connectivity index (χ0n) is 10.6. The summed E-state index contributed by atoms with van der Waals surface area (Å²) in [5.74, 6) is 0.926. The monoisotopic (exact) mass is 214 g/mol. The number of rotatable bonds is 7. The minimum Gasteiger partial charge on any atom is -0.379 e. The standard InChI is InChI=1S/C12H26N2O/c1-12(2,15-4)7-11(8-13)14(3)9-10-5-6-10/h10-11H,5-9,13H2,1-4H3. The molecule has 0 heterocycles. The number of nitrogens with two attached hydrogens (primary N) is 1. The van der Waals surface area contributed by atoms with E-state index in [1.54, 1.807) is 7.11 Å². The maximum atomic E-state index is 5.83. The molecular formula is C12H26N2O. The van der Waals surface area contributed by atoms with Crippen LogP contribution in [-0.2, 0) is 4.74 Å². The zero-order chi connectivity index (χ0) is 11.5. The Morgan fingerprint density at radius 3 is 2.47 bits per heavy atom. The van der Waals surface area contributed by atoms with Gasteiger partial charge in [0.1, 0.15) is 0 Å². The van der Waals surface area contributed by atoms with Crippen LogP contribution in [0.25, 0.3) is 0 Å². The van der Waals surface area contributed by atoms with Crippen molar-refractivity contribution in [1.29, 1.82) is 0 Å². The summed E-state index contributed by atoms with van der Waals surface area (Å²) in [5, 5.41) is 0. The summed E-state index contributed by atoms with van der Waals surface area (Å²) < 4.78 is 5.46. The number of hydrogen-bond donors (Lipinski definition) is 1. The van der Waals surface area contributed by atoms with Crippen molar-refractivity contribution in [2.24, 2.45) is 11.7 Å². The summed E-state index contributed by atoms with van der Waals surface area (Å²) in [6.45, 7) is 6.17. The molecule has 1 fully saturated rings. The average Bonchev–Trinajstić information content (AvgIpc) is 2.98. The van der Waals surface area contributed by atoms with Crippen LogP contribution in [0, 0.1) is 5.92 Å². The first-order chi connectivity index (χ1) is 6.98. The molecule has 15 heavy (non-hydrogen) atoms. The highest BCUT2D eigenvalue weighted by Gasteiger charge is 2.29. The maximum absolute atomic E-state index is 5.83. The SMILES string of the molecule is COC(C)(C)CC(CN)N(C)CC1CC1. The maximum Gasteiger partial charge on any atom is 0.0638 e. The second-order valence-corrected chi connectivity index (χ2v) is 5.44. The van der Waals surface area contributed by atoms with Gasteiger partial charge in [-0.25, -0.2) is 0 Å². The van der Waals surface area contributed by atoms with E-state index in [-0.39, 0.29) is 5.60 Å². The van der Waals surface area contributed by atoms with Gasteiger partial charge in [-0.1, -0.05) is 0 Å². The molecule has 0 aromatic carbocycles. The van der Waals surface area contributed by atoms with Gasteiger partial charge in [-0.2, -0.15) is 0 Å². The van der Waals surface area contributed by atoms with Crippen LogP contribution in [0.5, 0.6) is 0 Å². The number of nitrogens with zero attached hydrogens (tertiary/aromatic N) is 1. The Hall–Kier alpha value is -0.120. The van der Waals surface area contributed by atoms with Crippen molar-refractivity contribution in [3.8, 4) is 0 Å². The summed E-state index contributed by atoms with van der Waals surface area (Å²) in [7, 11) is 3.95. The van der Waals surface area contributed by atoms with Gasteiger partial charge >= 0.3 is 0 Å². The number of ether oxygens (including phenoxy) is 1. The van der Waals surface area contributed by atoms with E-state index in [1.807, 2.05) is 0 Å². The largest absolute Gasteiger partial charge is 0.379 e. The predicted octanol–water partition coefficient (Wildman–Crippen LogP) is 1.47. The molecule has 0 spiro atoms. The fourth-order valence-corrected chi connectivity index (χ4v) is 1.93. The molecule has 1 unspecified atom stereocenters. The van der Waals surface area contributed by atoms with Crippen LogP contribution >= 0.6 is 0 Å². The molecule has 3 heteroatoms. The van der Waals surface area contributed by atoms with E-state index in [4.69, 9.17) is 10.5 Å². The molecule has 1 atom stereocenters. The van der Waals surface area contributed by atoms with Crippen molar-refractivity contribution in [3.63, 3.8) is 0 Å². The Kier molecular flexibility index (Phi) is 4.56. The minimum atomic E-state index is -0.0676. The Morgan fingerprint density at radius 2 is 2.07 bits per heavy atom. The molecule has 0 aromatic heterocycles. The summed E-state index contributed by atoms with van der Waals surface area (Å²) in [6.07, 6.45) is 3.80. The normalized spacial score (nSPS) is 19.6. The van der Waals surface area contributed by atoms with Gasteiger partial charge in [0.05, 0.1) is 5.60 Å². The third-order valence-electron chi connectivity index (χ3n) is 3.42. The van der Waals surface area contributed by atoms with Gasteiger partial charge in [-0.3, -0.25) is 0 Å². The van der Waals surface area contributed by atoms with Crippen LogP contribution in [0.4, 0.5) is 0 Å². The Morgan fingerprint density at radius 1 is 1.47 bits per heavy atom. The number of hydrogen-bond acceptors (Lipinski definition) is 3. The molecular weight excluding hydrogens is 188 g/mol. The molecule has 1 aliphatic rings. The highest BCUT2D eigenvalue weighted by molar-refractivity contribution is 4.83. The molecule has 1 aliphatic carbocycles. The highest BCUT2D eigenvalue weighted by Crippen LogP contribution is 2.30. The predicted molar refractivity (Wildman–Crippen MR) is 63.9 cm³/mol. The molecule has 2 N–H and O–H groups in total. The van der Waals surface area contributed by atoms with Gasteiger partial charge in [-0.05, 0) is 46.1 Å². The topological polar surface area (TPSA) is 38.5 Å². The van der Waals surface area contributed by atoms with Gasteiger partial charge < -0.3 is 15.4 Å². The minimum absolute atomic E-state index is 0.0676. The van der Waals surface area contributed by atoms with Crippen LogP contribution in [0.15, 0.2) is 0 Å². The average molecular weight is 214 g/mol. The van der Waals surface area contributed by atoms with E-state index in [1.165, 1.54) is 19.4 Å². The van der Waals surface area contributed by atoms with Gasteiger partial charge in [0.15, 0.2) is 0 Å². The van der Waals surface area contributed by atoms with Crippen LogP contribution in [0.3, 0.4) is 0 Å². The summed E-state index contributed by atoms with van der Waals surface area (Å²) in [6, 6.07) is 0.445. The molecule has 0 amide bonds. The van der Waals surface area contributed by atoms with Crippen LogP contribution in [-0.4, -0.2) is 43.8 Å². The lowest BCUT2D eigenvalue weighted by atomic mass is 9.98. The molecule has 0 bridgehead atoms. The molecule has 1 rings (SSSR count). The first kappa shape index (κ1) is 12.9. The second-order valence-electron chi connectivity index (χ2n) is 5.44. The molecule has 0 aromatic rings. The van der Waals surface area contributed by atoms with Crippen LogP contribution in [0.1, 0.15) is 33.1 Å². The van der Waals surface area contributed by atoms with E-state index < -0.39 is 0 Å². The lowest BCUT2D eigenvalue weighted by molar-refractivity contribution is -0.00493. The van der Waals surface area contributed by atoms with Gasteiger partial charge in [0.2, 0.25) is 0 Å². The van der Waals surface area contributed by atoms with Crippen LogP contribution in [0.2, 0.25) is 0 Å². The van der Waals surface area contributed by atoms with Gasteiger partial charge in [0.25, 0.3) is 0 Å². The first-order valence-corrected chi connectivity index (χ1v) is 5.94. The molecule has 0 aliphatic heterocycles. The molecule has 1 saturated carbocycles. The van der Waals surface area contributed by atoms with Crippen molar-refractivity contribution in [2.45, 2.75) is 44.8 Å². The number of likely N-dealkylation sites (N-methyl/N-ethyl adjacent to an activating group) is 1. The quantitative estimate of drug-likeness (QED) is 0.697. The Labute approximate surface area is 94.0 Å². The van der Waals surface area contributed by atoms with Gasteiger partial charge in [-0.15, -0.1) is 0 Å². The highest BCUT2D eigenvalue weighted by atomic mass is 16.5. The van der Waals surface area contributed by atoms with E-state index in [0.29, 0.717) is 6.04 Å². The molecule has 90 valence electrons. The van der Waals surface area contributed by atoms with Crippen molar-refractivity contribution in [3.05, 3.63) is 0 Å². The van der Waals surface area contributed by atoms with Gasteiger partial charge in [0, 0.05) is 26.2 Å².